The molecular formula is C18H20F6N4. The van der Waals surface area contributed by atoms with Gasteiger partial charge < -0.3 is 9.80 Å². The van der Waals surface area contributed by atoms with Crippen LogP contribution in [0.5, 0.6) is 0 Å². The van der Waals surface area contributed by atoms with Gasteiger partial charge in [0.1, 0.15) is 0 Å². The number of hydrogen-bond donors (Lipinski definition) is 0. The van der Waals surface area contributed by atoms with E-state index in [9.17, 15) is 26.3 Å². The molecule has 3 heterocycles. The van der Waals surface area contributed by atoms with Crippen LogP contribution in [-0.2, 0) is 0 Å². The minimum absolute atomic E-state index is 0.0935. The number of fused-ring (bicyclic) bond motifs is 2. The normalized spacial score (nSPS) is 37.4. The summed E-state index contributed by atoms with van der Waals surface area (Å²) in [4.78, 5) is 11.6. The third kappa shape index (κ3) is 2.20. The smallest absolute Gasteiger partial charge is 0.352 e. The molecule has 5 rings (SSSR count). The van der Waals surface area contributed by atoms with Crippen molar-refractivity contribution in [3.8, 4) is 0 Å². The van der Waals surface area contributed by atoms with E-state index in [0.717, 1.165) is 0 Å². The average Bonchev–Trinajstić information content (AvgIpc) is 2.99. The van der Waals surface area contributed by atoms with Gasteiger partial charge in [0.25, 0.3) is 0 Å². The molecule has 0 bridgehead atoms. The molecule has 0 aromatic carbocycles. The molecular weight excluding hydrogens is 386 g/mol. The fourth-order valence-corrected chi connectivity index (χ4v) is 5.70. The van der Waals surface area contributed by atoms with Gasteiger partial charge in [-0.05, 0) is 37.5 Å². The average molecular weight is 406 g/mol. The highest BCUT2D eigenvalue weighted by molar-refractivity contribution is 5.64. The predicted octanol–water partition coefficient (Wildman–Crippen LogP) is 4.03. The SMILES string of the molecule is FC(F)(F)[C@]12CC[C@H]1CN(c1nccnc1N1C[C@@H]3CC[C@]3(C(F)(F)F)C1)C2. The Hall–Kier alpha value is -1.74. The zero-order chi connectivity index (χ0) is 19.9. The molecule has 2 aliphatic carbocycles. The molecule has 0 unspecified atom stereocenters. The summed E-state index contributed by atoms with van der Waals surface area (Å²) in [5.74, 6) is -0.421. The number of hydrogen-bond acceptors (Lipinski definition) is 4. The van der Waals surface area contributed by atoms with E-state index in [-0.39, 0.29) is 50.7 Å². The zero-order valence-corrected chi connectivity index (χ0v) is 15.0. The third-order valence-electron chi connectivity index (χ3n) is 7.66. The van der Waals surface area contributed by atoms with Gasteiger partial charge in [-0.3, -0.25) is 0 Å². The van der Waals surface area contributed by atoms with Crippen molar-refractivity contribution in [2.45, 2.75) is 38.0 Å². The first-order valence-electron chi connectivity index (χ1n) is 9.52. The van der Waals surface area contributed by atoms with Crippen molar-refractivity contribution in [3.05, 3.63) is 12.4 Å². The van der Waals surface area contributed by atoms with E-state index in [0.29, 0.717) is 12.8 Å². The lowest BCUT2D eigenvalue weighted by atomic mass is 9.61. The summed E-state index contributed by atoms with van der Waals surface area (Å²) >= 11 is 0. The van der Waals surface area contributed by atoms with E-state index in [2.05, 4.69) is 9.97 Å². The van der Waals surface area contributed by atoms with Gasteiger partial charge in [-0.15, -0.1) is 0 Å². The van der Waals surface area contributed by atoms with Gasteiger partial charge in [0.2, 0.25) is 0 Å². The number of aromatic nitrogens is 2. The van der Waals surface area contributed by atoms with Crippen LogP contribution in [0.15, 0.2) is 12.4 Å². The Kier molecular flexibility index (Phi) is 3.56. The Labute approximate surface area is 157 Å². The molecule has 1 aromatic heterocycles. The van der Waals surface area contributed by atoms with Crippen LogP contribution < -0.4 is 9.80 Å². The highest BCUT2D eigenvalue weighted by atomic mass is 19.4. The Bertz CT molecular complexity index is 730. The quantitative estimate of drug-likeness (QED) is 0.695. The fraction of sp³-hybridized carbons (Fsp3) is 0.778. The standard InChI is InChI=1S/C18H20F6N4/c19-17(20,21)15-3-1-11(15)7-27(9-15)13-14(26-6-5-25-13)28-8-12-2-4-16(12,10-28)18(22,23)24/h5-6,11-12H,1-4,7-10H2/t11-,12-,15-,16-/m0/s1. The number of rotatable bonds is 2. The largest absolute Gasteiger partial charge is 0.396 e. The maximum absolute atomic E-state index is 13.6. The van der Waals surface area contributed by atoms with E-state index in [1.807, 2.05) is 0 Å². The molecule has 28 heavy (non-hydrogen) atoms. The first-order chi connectivity index (χ1) is 13.1. The predicted molar refractivity (Wildman–Crippen MR) is 88.9 cm³/mol. The lowest BCUT2D eigenvalue weighted by Gasteiger charge is -2.44. The van der Waals surface area contributed by atoms with Crippen molar-refractivity contribution in [2.75, 3.05) is 36.0 Å². The van der Waals surface area contributed by atoms with E-state index in [1.54, 1.807) is 9.80 Å². The summed E-state index contributed by atoms with van der Waals surface area (Å²) in [6.07, 6.45) is -4.59. The molecule has 0 amide bonds. The van der Waals surface area contributed by atoms with E-state index >= 15 is 0 Å². The third-order valence-corrected chi connectivity index (χ3v) is 7.66. The summed E-state index contributed by atoms with van der Waals surface area (Å²) < 4.78 is 81.8. The minimum Gasteiger partial charge on any atom is -0.352 e. The molecule has 0 radical (unpaired) electrons. The van der Waals surface area contributed by atoms with Crippen LogP contribution in [0.1, 0.15) is 25.7 Å². The lowest BCUT2D eigenvalue weighted by Crippen LogP contribution is -2.51. The zero-order valence-electron chi connectivity index (χ0n) is 15.0. The Morgan fingerprint density at radius 3 is 1.39 bits per heavy atom. The Morgan fingerprint density at radius 1 is 0.750 bits per heavy atom. The van der Waals surface area contributed by atoms with Crippen LogP contribution in [0.25, 0.3) is 0 Å². The van der Waals surface area contributed by atoms with Crippen LogP contribution in [0.2, 0.25) is 0 Å². The Morgan fingerprint density at radius 2 is 1.14 bits per heavy atom. The summed E-state index contributed by atoms with van der Waals surface area (Å²) in [6.45, 7) is 0.0306. The summed E-state index contributed by atoms with van der Waals surface area (Å²) in [5, 5.41) is 0. The molecule has 0 N–H and O–H groups in total. The molecule has 10 heteroatoms. The first kappa shape index (κ1) is 18.3. The number of anilines is 2. The molecule has 154 valence electrons. The molecule has 2 saturated carbocycles. The second-order valence-corrected chi connectivity index (χ2v) is 8.74. The first-order valence-corrected chi connectivity index (χ1v) is 9.52. The number of halogens is 6. The number of alkyl halides is 6. The molecule has 2 saturated heterocycles. The van der Waals surface area contributed by atoms with Gasteiger partial charge in [-0.25, -0.2) is 9.97 Å². The maximum atomic E-state index is 13.6. The molecule has 0 spiro atoms. The second kappa shape index (κ2) is 5.44. The summed E-state index contributed by atoms with van der Waals surface area (Å²) in [6, 6.07) is 0. The van der Waals surface area contributed by atoms with Crippen LogP contribution in [0.4, 0.5) is 38.0 Å². The van der Waals surface area contributed by atoms with Crippen LogP contribution >= 0.6 is 0 Å². The highest BCUT2D eigenvalue weighted by Gasteiger charge is 2.69. The molecule has 4 aliphatic rings. The molecule has 2 aliphatic heterocycles. The molecule has 1 aromatic rings. The summed E-state index contributed by atoms with van der Waals surface area (Å²) in [5.41, 5.74) is -3.45. The van der Waals surface area contributed by atoms with Crippen LogP contribution in [0, 0.1) is 22.7 Å². The monoisotopic (exact) mass is 406 g/mol. The van der Waals surface area contributed by atoms with Gasteiger partial charge in [-0.1, -0.05) is 0 Å². The number of nitrogens with zero attached hydrogens (tertiary/aromatic N) is 4. The fourth-order valence-electron chi connectivity index (χ4n) is 5.70. The maximum Gasteiger partial charge on any atom is 0.396 e. The van der Waals surface area contributed by atoms with Gasteiger partial charge >= 0.3 is 12.4 Å². The Balaban J connectivity index is 1.44. The van der Waals surface area contributed by atoms with E-state index in [4.69, 9.17) is 0 Å². The van der Waals surface area contributed by atoms with Crippen molar-refractivity contribution in [3.63, 3.8) is 0 Å². The van der Waals surface area contributed by atoms with Crippen molar-refractivity contribution in [1.82, 2.24) is 9.97 Å². The topological polar surface area (TPSA) is 32.3 Å². The minimum atomic E-state index is -4.29. The molecule has 4 nitrogen and oxygen atoms in total. The van der Waals surface area contributed by atoms with Gasteiger partial charge in [0, 0.05) is 38.6 Å². The second-order valence-electron chi connectivity index (χ2n) is 8.74. The van der Waals surface area contributed by atoms with E-state index < -0.39 is 35.0 Å². The summed E-state index contributed by atoms with van der Waals surface area (Å²) in [7, 11) is 0. The van der Waals surface area contributed by atoms with Gasteiger partial charge in [-0.2, -0.15) is 26.3 Å². The lowest BCUT2D eigenvalue weighted by molar-refractivity contribution is -0.259. The molecule has 4 fully saturated rings. The van der Waals surface area contributed by atoms with Crippen LogP contribution in [-0.4, -0.2) is 48.5 Å². The van der Waals surface area contributed by atoms with Gasteiger partial charge in [0.05, 0.1) is 10.8 Å². The van der Waals surface area contributed by atoms with Crippen LogP contribution in [0.3, 0.4) is 0 Å². The van der Waals surface area contributed by atoms with Gasteiger partial charge in [0.15, 0.2) is 11.6 Å². The van der Waals surface area contributed by atoms with Crippen molar-refractivity contribution in [1.29, 1.82) is 0 Å². The van der Waals surface area contributed by atoms with Crippen molar-refractivity contribution < 1.29 is 26.3 Å². The van der Waals surface area contributed by atoms with Crippen molar-refractivity contribution in [2.24, 2.45) is 22.7 Å². The highest BCUT2D eigenvalue weighted by Crippen LogP contribution is 2.63. The van der Waals surface area contributed by atoms with E-state index in [1.165, 1.54) is 12.4 Å². The van der Waals surface area contributed by atoms with Crippen molar-refractivity contribution >= 4 is 11.6 Å². The molecule has 4 atom stereocenters.